The Labute approximate surface area is 63.0 Å². The van der Waals surface area contributed by atoms with Gasteiger partial charge in [-0.25, -0.2) is 0 Å². The molecule has 1 nitrogen and oxygen atoms in total. The Bertz CT molecular complexity index is 121. The largest absolute Gasteiger partial charge is 0.300 e. The highest BCUT2D eigenvalue weighted by molar-refractivity contribution is 4.98. The van der Waals surface area contributed by atoms with Gasteiger partial charge in [-0.2, -0.15) is 0 Å². The molecule has 1 heteroatoms. The van der Waals surface area contributed by atoms with E-state index in [1.807, 2.05) is 12.2 Å². The Hall–Kier alpha value is -0.560. The summed E-state index contributed by atoms with van der Waals surface area (Å²) in [7, 11) is 0. The van der Waals surface area contributed by atoms with Crippen molar-refractivity contribution in [1.29, 1.82) is 0 Å². The molecule has 1 fully saturated rings. The van der Waals surface area contributed by atoms with Gasteiger partial charge in [0, 0.05) is 6.54 Å². The molecule has 0 unspecified atom stereocenters. The van der Waals surface area contributed by atoms with E-state index in [1.54, 1.807) is 0 Å². The Morgan fingerprint density at radius 3 is 2.60 bits per heavy atom. The minimum atomic E-state index is 1.10. The van der Waals surface area contributed by atoms with Crippen molar-refractivity contribution in [2.24, 2.45) is 0 Å². The third-order valence-corrected chi connectivity index (χ3v) is 1.83. The fraction of sp³-hybridized carbons (Fsp3) is 0.556. The molecule has 0 aliphatic carbocycles. The summed E-state index contributed by atoms with van der Waals surface area (Å²) in [5.74, 6) is 0. The van der Waals surface area contributed by atoms with Gasteiger partial charge >= 0.3 is 0 Å². The summed E-state index contributed by atoms with van der Waals surface area (Å²) in [4.78, 5) is 2.46. The van der Waals surface area contributed by atoms with Gasteiger partial charge in [-0.1, -0.05) is 24.8 Å². The minimum absolute atomic E-state index is 1.10. The van der Waals surface area contributed by atoms with E-state index >= 15 is 0 Å². The Morgan fingerprint density at radius 2 is 2.00 bits per heavy atom. The van der Waals surface area contributed by atoms with Crippen LogP contribution in [0.15, 0.2) is 24.8 Å². The summed E-state index contributed by atoms with van der Waals surface area (Å²) in [5, 5.41) is 0. The van der Waals surface area contributed by atoms with E-state index in [0.717, 1.165) is 6.54 Å². The predicted molar refractivity (Wildman–Crippen MR) is 45.0 cm³/mol. The normalized spacial score (nSPS) is 20.4. The molecule has 0 bridgehead atoms. The molecular formula is C9H15N. The molecule has 0 N–H and O–H groups in total. The number of hydrogen-bond donors (Lipinski definition) is 0. The standard InChI is InChI=1S/C9H15N/c1-2-3-4-7-10-8-5-6-9-10/h2-4H,1,5-9H2/b4-3+. The van der Waals surface area contributed by atoms with Crippen LogP contribution in [-0.2, 0) is 0 Å². The van der Waals surface area contributed by atoms with Crippen LogP contribution in [0, 0.1) is 0 Å². The zero-order valence-electron chi connectivity index (χ0n) is 6.42. The molecule has 0 aromatic rings. The number of rotatable bonds is 3. The van der Waals surface area contributed by atoms with Crippen LogP contribution in [0.2, 0.25) is 0 Å². The number of allylic oxidation sites excluding steroid dienone is 2. The van der Waals surface area contributed by atoms with Gasteiger partial charge in [0.25, 0.3) is 0 Å². The zero-order chi connectivity index (χ0) is 7.23. The highest BCUT2D eigenvalue weighted by Gasteiger charge is 2.07. The topological polar surface area (TPSA) is 3.24 Å². The molecule has 56 valence electrons. The monoisotopic (exact) mass is 137 g/mol. The summed E-state index contributed by atoms with van der Waals surface area (Å²) >= 11 is 0. The maximum atomic E-state index is 3.62. The van der Waals surface area contributed by atoms with Crippen LogP contribution in [0.5, 0.6) is 0 Å². The Morgan fingerprint density at radius 1 is 1.30 bits per heavy atom. The lowest BCUT2D eigenvalue weighted by atomic mass is 10.4. The van der Waals surface area contributed by atoms with E-state index in [4.69, 9.17) is 0 Å². The van der Waals surface area contributed by atoms with E-state index in [-0.39, 0.29) is 0 Å². The van der Waals surface area contributed by atoms with Gasteiger partial charge in [-0.15, -0.1) is 0 Å². The molecule has 1 aliphatic heterocycles. The molecule has 0 aromatic carbocycles. The molecule has 0 radical (unpaired) electrons. The first-order valence-electron chi connectivity index (χ1n) is 3.93. The average Bonchev–Trinajstić information content (AvgIpc) is 2.41. The smallest absolute Gasteiger partial charge is 0.0166 e. The van der Waals surface area contributed by atoms with Crippen LogP contribution in [0.4, 0.5) is 0 Å². The van der Waals surface area contributed by atoms with Gasteiger partial charge in [0.15, 0.2) is 0 Å². The summed E-state index contributed by atoms with van der Waals surface area (Å²) in [6.07, 6.45) is 8.76. The average molecular weight is 137 g/mol. The second-order valence-corrected chi connectivity index (χ2v) is 2.67. The second kappa shape index (κ2) is 4.29. The van der Waals surface area contributed by atoms with Crippen LogP contribution in [0.25, 0.3) is 0 Å². The van der Waals surface area contributed by atoms with Crippen molar-refractivity contribution >= 4 is 0 Å². The summed E-state index contributed by atoms with van der Waals surface area (Å²) in [6, 6.07) is 0. The number of nitrogens with zero attached hydrogens (tertiary/aromatic N) is 1. The van der Waals surface area contributed by atoms with Crippen molar-refractivity contribution in [3.8, 4) is 0 Å². The first kappa shape index (κ1) is 7.55. The predicted octanol–water partition coefficient (Wildman–Crippen LogP) is 1.82. The molecule has 0 aromatic heterocycles. The molecule has 1 saturated heterocycles. The van der Waals surface area contributed by atoms with Crippen LogP contribution < -0.4 is 0 Å². The number of hydrogen-bond acceptors (Lipinski definition) is 1. The lowest BCUT2D eigenvalue weighted by molar-refractivity contribution is 0.377. The van der Waals surface area contributed by atoms with Crippen LogP contribution in [0.3, 0.4) is 0 Å². The van der Waals surface area contributed by atoms with Crippen molar-refractivity contribution in [3.05, 3.63) is 24.8 Å². The molecule has 1 rings (SSSR count). The van der Waals surface area contributed by atoms with Crippen LogP contribution in [-0.4, -0.2) is 24.5 Å². The second-order valence-electron chi connectivity index (χ2n) is 2.67. The SMILES string of the molecule is C=C/C=C/CN1CCCC1. The van der Waals surface area contributed by atoms with Crippen molar-refractivity contribution in [2.75, 3.05) is 19.6 Å². The van der Waals surface area contributed by atoms with Gasteiger partial charge in [-0.3, -0.25) is 4.90 Å². The highest BCUT2D eigenvalue weighted by atomic mass is 15.1. The molecular weight excluding hydrogens is 122 g/mol. The first-order valence-corrected chi connectivity index (χ1v) is 3.93. The van der Waals surface area contributed by atoms with E-state index in [1.165, 1.54) is 25.9 Å². The lowest BCUT2D eigenvalue weighted by Gasteiger charge is -2.09. The van der Waals surface area contributed by atoms with Crippen molar-refractivity contribution < 1.29 is 0 Å². The maximum absolute atomic E-state index is 3.62. The van der Waals surface area contributed by atoms with E-state index in [2.05, 4.69) is 17.6 Å². The van der Waals surface area contributed by atoms with E-state index in [9.17, 15) is 0 Å². The molecule has 10 heavy (non-hydrogen) atoms. The molecule has 0 amide bonds. The molecule has 1 aliphatic rings. The highest BCUT2D eigenvalue weighted by Crippen LogP contribution is 2.05. The fourth-order valence-corrected chi connectivity index (χ4v) is 1.27. The zero-order valence-corrected chi connectivity index (χ0v) is 6.42. The van der Waals surface area contributed by atoms with Crippen molar-refractivity contribution in [2.45, 2.75) is 12.8 Å². The molecule has 0 spiro atoms. The molecule has 0 atom stereocenters. The first-order chi connectivity index (χ1) is 4.93. The van der Waals surface area contributed by atoms with Gasteiger partial charge in [0.1, 0.15) is 0 Å². The van der Waals surface area contributed by atoms with Gasteiger partial charge in [0.2, 0.25) is 0 Å². The van der Waals surface area contributed by atoms with Gasteiger partial charge in [-0.05, 0) is 25.9 Å². The van der Waals surface area contributed by atoms with Gasteiger partial charge in [0.05, 0.1) is 0 Å². The maximum Gasteiger partial charge on any atom is 0.0166 e. The fourth-order valence-electron chi connectivity index (χ4n) is 1.27. The third kappa shape index (κ3) is 2.36. The third-order valence-electron chi connectivity index (χ3n) is 1.83. The quantitative estimate of drug-likeness (QED) is 0.536. The Kier molecular flexibility index (Phi) is 3.23. The minimum Gasteiger partial charge on any atom is -0.300 e. The van der Waals surface area contributed by atoms with E-state index in [0.29, 0.717) is 0 Å². The van der Waals surface area contributed by atoms with Crippen LogP contribution >= 0.6 is 0 Å². The summed E-state index contributed by atoms with van der Waals surface area (Å²) in [6.45, 7) is 7.28. The molecule has 0 saturated carbocycles. The summed E-state index contributed by atoms with van der Waals surface area (Å²) in [5.41, 5.74) is 0. The number of likely N-dealkylation sites (tertiary alicyclic amines) is 1. The molecule has 1 heterocycles. The lowest BCUT2D eigenvalue weighted by Crippen LogP contribution is -2.18. The van der Waals surface area contributed by atoms with Crippen LogP contribution in [0.1, 0.15) is 12.8 Å². The van der Waals surface area contributed by atoms with Crippen molar-refractivity contribution in [3.63, 3.8) is 0 Å². The van der Waals surface area contributed by atoms with E-state index < -0.39 is 0 Å². The van der Waals surface area contributed by atoms with Crippen molar-refractivity contribution in [1.82, 2.24) is 4.90 Å². The van der Waals surface area contributed by atoms with Gasteiger partial charge < -0.3 is 0 Å². The summed E-state index contributed by atoms with van der Waals surface area (Å²) < 4.78 is 0. The Balaban J connectivity index is 2.12.